The molecule has 2 rings (SSSR count). The van der Waals surface area contributed by atoms with Crippen molar-refractivity contribution in [2.45, 2.75) is 6.42 Å². The lowest BCUT2D eigenvalue weighted by atomic mass is 10.2. The molecule has 20 heavy (non-hydrogen) atoms. The summed E-state index contributed by atoms with van der Waals surface area (Å²) in [5, 5.41) is 8.52. The van der Waals surface area contributed by atoms with Crippen LogP contribution in [-0.4, -0.2) is 54.3 Å². The summed E-state index contributed by atoms with van der Waals surface area (Å²) in [6, 6.07) is 9.74. The molecule has 0 unspecified atom stereocenters. The fourth-order valence-corrected chi connectivity index (χ4v) is 1.92. The van der Waals surface area contributed by atoms with Gasteiger partial charge in [0.05, 0.1) is 5.69 Å². The maximum Gasteiger partial charge on any atom is 0.151 e. The smallest absolute Gasteiger partial charge is 0.151 e. The Morgan fingerprint density at radius 3 is 2.35 bits per heavy atom. The van der Waals surface area contributed by atoms with Gasteiger partial charge in [-0.2, -0.15) is 0 Å². The third kappa shape index (κ3) is 3.99. The van der Waals surface area contributed by atoms with Crippen LogP contribution in [0.5, 0.6) is 0 Å². The zero-order chi connectivity index (χ0) is 14.4. The van der Waals surface area contributed by atoms with E-state index in [0.29, 0.717) is 0 Å². The van der Waals surface area contributed by atoms with Crippen LogP contribution >= 0.6 is 0 Å². The van der Waals surface area contributed by atoms with Crippen LogP contribution < -0.4 is 4.90 Å². The number of nitrogens with zero attached hydrogens (tertiary/aromatic N) is 5. The summed E-state index contributed by atoms with van der Waals surface area (Å²) in [5.74, 6) is 0.892. The Balaban J connectivity index is 1.97. The first kappa shape index (κ1) is 14.4. The van der Waals surface area contributed by atoms with E-state index in [1.54, 1.807) is 6.20 Å². The molecule has 0 saturated carbocycles. The number of hydrogen-bond acceptors (Lipinski definition) is 5. The molecule has 0 aliphatic heterocycles. The lowest BCUT2D eigenvalue weighted by molar-refractivity contribution is 0.401. The van der Waals surface area contributed by atoms with Gasteiger partial charge >= 0.3 is 0 Å². The SMILES string of the molecule is CN(C)CCCN(C)c1ccc(-c2ccccn2)nn1. The van der Waals surface area contributed by atoms with E-state index in [0.717, 1.165) is 36.7 Å². The van der Waals surface area contributed by atoms with Crippen LogP contribution in [0.2, 0.25) is 0 Å². The van der Waals surface area contributed by atoms with Gasteiger partial charge in [-0.15, -0.1) is 10.2 Å². The van der Waals surface area contributed by atoms with Crippen molar-refractivity contribution in [1.29, 1.82) is 0 Å². The molecule has 0 aliphatic carbocycles. The molecule has 2 aromatic heterocycles. The van der Waals surface area contributed by atoms with E-state index in [-0.39, 0.29) is 0 Å². The predicted molar refractivity (Wildman–Crippen MR) is 81.7 cm³/mol. The summed E-state index contributed by atoms with van der Waals surface area (Å²) >= 11 is 0. The van der Waals surface area contributed by atoms with E-state index < -0.39 is 0 Å². The van der Waals surface area contributed by atoms with Crippen molar-refractivity contribution in [2.24, 2.45) is 0 Å². The van der Waals surface area contributed by atoms with Gasteiger partial charge in [0.25, 0.3) is 0 Å². The third-order valence-electron chi connectivity index (χ3n) is 3.07. The van der Waals surface area contributed by atoms with Crippen molar-refractivity contribution in [3.05, 3.63) is 36.5 Å². The van der Waals surface area contributed by atoms with Gasteiger partial charge < -0.3 is 9.80 Å². The van der Waals surface area contributed by atoms with Crippen LogP contribution in [-0.2, 0) is 0 Å². The van der Waals surface area contributed by atoms with Gasteiger partial charge in [0, 0.05) is 19.8 Å². The van der Waals surface area contributed by atoms with Crippen molar-refractivity contribution < 1.29 is 0 Å². The van der Waals surface area contributed by atoms with Gasteiger partial charge in [-0.1, -0.05) is 6.07 Å². The second-order valence-electron chi connectivity index (χ2n) is 5.07. The molecule has 2 heterocycles. The van der Waals surface area contributed by atoms with Gasteiger partial charge in [-0.3, -0.25) is 4.98 Å². The number of anilines is 1. The van der Waals surface area contributed by atoms with E-state index in [4.69, 9.17) is 0 Å². The van der Waals surface area contributed by atoms with E-state index >= 15 is 0 Å². The lowest BCUT2D eigenvalue weighted by Crippen LogP contribution is -2.24. The molecule has 0 bridgehead atoms. The number of hydrogen-bond donors (Lipinski definition) is 0. The predicted octanol–water partition coefficient (Wildman–Crippen LogP) is 1.93. The first-order chi connectivity index (χ1) is 9.66. The van der Waals surface area contributed by atoms with E-state index in [9.17, 15) is 0 Å². The molecule has 2 aromatic rings. The Hall–Kier alpha value is -2.01. The average molecular weight is 271 g/mol. The summed E-state index contributed by atoms with van der Waals surface area (Å²) in [6.45, 7) is 2.04. The molecular weight excluding hydrogens is 250 g/mol. The fourth-order valence-electron chi connectivity index (χ4n) is 1.92. The second-order valence-corrected chi connectivity index (χ2v) is 5.07. The van der Waals surface area contributed by atoms with Crippen molar-refractivity contribution in [3.63, 3.8) is 0 Å². The summed E-state index contributed by atoms with van der Waals surface area (Å²) in [5.41, 5.74) is 1.65. The summed E-state index contributed by atoms with van der Waals surface area (Å²) in [6.07, 6.45) is 2.87. The highest BCUT2D eigenvalue weighted by Gasteiger charge is 2.05. The fraction of sp³-hybridized carbons (Fsp3) is 0.400. The molecule has 0 spiro atoms. The van der Waals surface area contributed by atoms with Crippen molar-refractivity contribution in [2.75, 3.05) is 39.1 Å². The van der Waals surface area contributed by atoms with Gasteiger partial charge in [0.1, 0.15) is 5.69 Å². The molecule has 0 atom stereocenters. The Labute approximate surface area is 120 Å². The Bertz CT molecular complexity index is 510. The highest BCUT2D eigenvalue weighted by Crippen LogP contribution is 2.15. The zero-order valence-corrected chi connectivity index (χ0v) is 12.3. The van der Waals surface area contributed by atoms with Crippen LogP contribution in [0.25, 0.3) is 11.4 Å². The molecule has 106 valence electrons. The normalized spacial score (nSPS) is 10.8. The van der Waals surface area contributed by atoms with Crippen molar-refractivity contribution in [1.82, 2.24) is 20.1 Å². The largest absolute Gasteiger partial charge is 0.358 e. The highest BCUT2D eigenvalue weighted by molar-refractivity contribution is 5.54. The number of pyridine rings is 1. The molecular formula is C15H21N5. The van der Waals surface area contributed by atoms with Crippen molar-refractivity contribution >= 4 is 5.82 Å². The second kappa shape index (κ2) is 6.96. The van der Waals surface area contributed by atoms with Crippen LogP contribution in [0.15, 0.2) is 36.5 Å². The molecule has 0 N–H and O–H groups in total. The average Bonchev–Trinajstić information content (AvgIpc) is 2.48. The minimum absolute atomic E-state index is 0.802. The Morgan fingerprint density at radius 2 is 1.75 bits per heavy atom. The van der Waals surface area contributed by atoms with Crippen LogP contribution in [0.4, 0.5) is 5.82 Å². The molecule has 0 fully saturated rings. The van der Waals surface area contributed by atoms with Gasteiger partial charge in [0.2, 0.25) is 0 Å². The highest BCUT2D eigenvalue weighted by atomic mass is 15.2. The lowest BCUT2D eigenvalue weighted by Gasteiger charge is -2.18. The van der Waals surface area contributed by atoms with E-state index in [2.05, 4.69) is 39.1 Å². The third-order valence-corrected chi connectivity index (χ3v) is 3.07. The van der Waals surface area contributed by atoms with Gasteiger partial charge in [-0.25, -0.2) is 0 Å². The molecule has 0 saturated heterocycles. The van der Waals surface area contributed by atoms with Crippen LogP contribution in [0, 0.1) is 0 Å². The molecule has 5 nitrogen and oxygen atoms in total. The topological polar surface area (TPSA) is 45.2 Å². The molecule has 5 heteroatoms. The van der Waals surface area contributed by atoms with Crippen molar-refractivity contribution in [3.8, 4) is 11.4 Å². The van der Waals surface area contributed by atoms with E-state index in [1.807, 2.05) is 37.4 Å². The first-order valence-electron chi connectivity index (χ1n) is 6.78. The minimum atomic E-state index is 0.802. The summed E-state index contributed by atoms with van der Waals surface area (Å²) in [4.78, 5) is 8.58. The number of aromatic nitrogens is 3. The zero-order valence-electron chi connectivity index (χ0n) is 12.3. The maximum atomic E-state index is 4.28. The summed E-state index contributed by atoms with van der Waals surface area (Å²) in [7, 11) is 6.21. The monoisotopic (exact) mass is 271 g/mol. The van der Waals surface area contributed by atoms with Gasteiger partial charge in [0.15, 0.2) is 5.82 Å². The van der Waals surface area contributed by atoms with Crippen LogP contribution in [0.1, 0.15) is 6.42 Å². The summed E-state index contributed by atoms with van der Waals surface area (Å²) < 4.78 is 0. The Kier molecular flexibility index (Phi) is 5.01. The molecule has 0 radical (unpaired) electrons. The van der Waals surface area contributed by atoms with E-state index in [1.165, 1.54) is 0 Å². The quantitative estimate of drug-likeness (QED) is 0.803. The number of rotatable bonds is 6. The molecule has 0 aliphatic rings. The van der Waals surface area contributed by atoms with Crippen LogP contribution in [0.3, 0.4) is 0 Å². The first-order valence-corrected chi connectivity index (χ1v) is 6.78. The Morgan fingerprint density at radius 1 is 0.900 bits per heavy atom. The standard InChI is InChI=1S/C15H21N5/c1-19(2)11-6-12-20(3)15-9-8-14(17-18-15)13-7-4-5-10-16-13/h4-5,7-10H,6,11-12H2,1-3H3. The molecule has 0 aromatic carbocycles. The molecule has 0 amide bonds. The minimum Gasteiger partial charge on any atom is -0.358 e. The maximum absolute atomic E-state index is 4.28. The van der Waals surface area contributed by atoms with Gasteiger partial charge in [-0.05, 0) is 51.3 Å².